The zero-order valence-corrected chi connectivity index (χ0v) is 8.32. The third-order valence-electron chi connectivity index (χ3n) is 2.32. The number of carbonyl (C=O) groups excluding carboxylic acids is 1. The van der Waals surface area contributed by atoms with Crippen molar-refractivity contribution in [3.8, 4) is 0 Å². The fraction of sp³-hybridized carbons (Fsp3) is 0.700. The van der Waals surface area contributed by atoms with Crippen molar-refractivity contribution < 1.29 is 9.53 Å². The highest BCUT2D eigenvalue weighted by Crippen LogP contribution is 2.15. The molecule has 1 saturated heterocycles. The lowest BCUT2D eigenvalue weighted by atomic mass is 10.2. The number of nitrogens with zero attached hydrogens (tertiary/aromatic N) is 1. The Balaban J connectivity index is 2.34. The van der Waals surface area contributed by atoms with Gasteiger partial charge >= 0.3 is 5.97 Å². The summed E-state index contributed by atoms with van der Waals surface area (Å²) in [7, 11) is 2.08. The summed E-state index contributed by atoms with van der Waals surface area (Å²) >= 11 is 0. The van der Waals surface area contributed by atoms with E-state index < -0.39 is 0 Å². The second kappa shape index (κ2) is 5.02. The first-order chi connectivity index (χ1) is 6.24. The van der Waals surface area contributed by atoms with Gasteiger partial charge in [-0.15, -0.1) is 0 Å². The van der Waals surface area contributed by atoms with Crippen LogP contribution in [0.5, 0.6) is 0 Å². The maximum Gasteiger partial charge on any atom is 0.330 e. The highest BCUT2D eigenvalue weighted by atomic mass is 16.5. The number of esters is 1. The van der Waals surface area contributed by atoms with Crippen molar-refractivity contribution in [2.45, 2.75) is 25.8 Å². The first-order valence-corrected chi connectivity index (χ1v) is 4.79. The van der Waals surface area contributed by atoms with Crippen molar-refractivity contribution in [1.29, 1.82) is 0 Å². The monoisotopic (exact) mass is 183 g/mol. The van der Waals surface area contributed by atoms with Gasteiger partial charge in [-0.3, -0.25) is 4.90 Å². The molecule has 74 valence electrons. The van der Waals surface area contributed by atoms with Crippen LogP contribution < -0.4 is 0 Å². The molecule has 1 rings (SSSR count). The van der Waals surface area contributed by atoms with Gasteiger partial charge in [-0.2, -0.15) is 0 Å². The number of likely N-dealkylation sites (tertiary alicyclic amines) is 1. The number of carbonyl (C=O) groups is 1. The summed E-state index contributed by atoms with van der Waals surface area (Å²) in [5, 5.41) is 0. The molecule has 1 heterocycles. The van der Waals surface area contributed by atoms with Crippen LogP contribution in [0.4, 0.5) is 0 Å². The van der Waals surface area contributed by atoms with E-state index in [1.807, 2.05) is 13.0 Å². The summed E-state index contributed by atoms with van der Waals surface area (Å²) in [4.78, 5) is 13.2. The molecule has 0 radical (unpaired) electrons. The van der Waals surface area contributed by atoms with E-state index in [2.05, 4.69) is 11.9 Å². The van der Waals surface area contributed by atoms with Gasteiger partial charge in [0.25, 0.3) is 0 Å². The van der Waals surface area contributed by atoms with Crippen LogP contribution in [0.2, 0.25) is 0 Å². The maximum atomic E-state index is 11.0. The van der Waals surface area contributed by atoms with Crippen LogP contribution in [0.1, 0.15) is 19.8 Å². The van der Waals surface area contributed by atoms with Crippen molar-refractivity contribution in [1.82, 2.24) is 4.90 Å². The van der Waals surface area contributed by atoms with E-state index >= 15 is 0 Å². The molecule has 0 amide bonds. The van der Waals surface area contributed by atoms with Gasteiger partial charge in [-0.1, -0.05) is 6.08 Å². The summed E-state index contributed by atoms with van der Waals surface area (Å²) in [6.07, 6.45) is 5.84. The molecular formula is C10H17NO2. The summed E-state index contributed by atoms with van der Waals surface area (Å²) in [6, 6.07) is 0.421. The van der Waals surface area contributed by atoms with Crippen molar-refractivity contribution >= 4 is 5.97 Å². The van der Waals surface area contributed by atoms with Crippen LogP contribution in [0.25, 0.3) is 0 Å². The van der Waals surface area contributed by atoms with Crippen molar-refractivity contribution in [3.05, 3.63) is 12.2 Å². The van der Waals surface area contributed by atoms with E-state index in [0.717, 1.165) is 13.0 Å². The zero-order valence-electron chi connectivity index (χ0n) is 8.32. The molecule has 1 fully saturated rings. The minimum absolute atomic E-state index is 0.234. The summed E-state index contributed by atoms with van der Waals surface area (Å²) in [6.45, 7) is 3.38. The predicted molar refractivity (Wildman–Crippen MR) is 51.4 cm³/mol. The smallest absolute Gasteiger partial charge is 0.330 e. The van der Waals surface area contributed by atoms with E-state index in [1.165, 1.54) is 12.5 Å². The van der Waals surface area contributed by atoms with E-state index in [0.29, 0.717) is 12.6 Å². The first kappa shape index (κ1) is 10.3. The van der Waals surface area contributed by atoms with Crippen LogP contribution in [0.3, 0.4) is 0 Å². The minimum atomic E-state index is -0.234. The maximum absolute atomic E-state index is 11.0. The average molecular weight is 183 g/mol. The molecule has 1 aliphatic heterocycles. The molecule has 13 heavy (non-hydrogen) atoms. The van der Waals surface area contributed by atoms with Gasteiger partial charge in [0.15, 0.2) is 0 Å². The van der Waals surface area contributed by atoms with Crippen molar-refractivity contribution in [3.63, 3.8) is 0 Å². The molecule has 0 bridgehead atoms. The lowest BCUT2D eigenvalue weighted by Gasteiger charge is -2.14. The average Bonchev–Trinajstić information content (AvgIpc) is 2.48. The molecular weight excluding hydrogens is 166 g/mol. The molecule has 0 unspecified atom stereocenters. The summed E-state index contributed by atoms with van der Waals surface area (Å²) in [5.41, 5.74) is 0. The molecule has 0 aliphatic carbocycles. The van der Waals surface area contributed by atoms with Gasteiger partial charge in [0.1, 0.15) is 0 Å². The van der Waals surface area contributed by atoms with Crippen molar-refractivity contribution in [2.75, 3.05) is 20.2 Å². The Morgan fingerprint density at radius 1 is 1.69 bits per heavy atom. The standard InChI is InChI=1S/C10H17NO2/c1-3-13-10(12)7-6-9-5-4-8-11(9)2/h6-7,9H,3-5,8H2,1-2H3/b7-6+/t9-/m0/s1. The van der Waals surface area contributed by atoms with E-state index in [-0.39, 0.29) is 5.97 Å². The van der Waals surface area contributed by atoms with E-state index in [4.69, 9.17) is 4.74 Å². The molecule has 0 aromatic heterocycles. The van der Waals surface area contributed by atoms with E-state index in [9.17, 15) is 4.79 Å². The predicted octanol–water partition coefficient (Wildman–Crippen LogP) is 1.20. The normalized spacial score (nSPS) is 24.0. The largest absolute Gasteiger partial charge is 0.463 e. The molecule has 0 spiro atoms. The fourth-order valence-electron chi connectivity index (χ4n) is 1.56. The third kappa shape index (κ3) is 3.19. The summed E-state index contributed by atoms with van der Waals surface area (Å²) in [5.74, 6) is -0.234. The number of hydrogen-bond donors (Lipinski definition) is 0. The Bertz CT molecular complexity index is 201. The Hall–Kier alpha value is -0.830. The Labute approximate surface area is 79.4 Å². The molecule has 0 aromatic rings. The second-order valence-electron chi connectivity index (χ2n) is 3.30. The Morgan fingerprint density at radius 2 is 2.46 bits per heavy atom. The van der Waals surface area contributed by atoms with Gasteiger partial charge in [-0.05, 0) is 33.4 Å². The van der Waals surface area contributed by atoms with E-state index in [1.54, 1.807) is 0 Å². The van der Waals surface area contributed by atoms with Crippen molar-refractivity contribution in [2.24, 2.45) is 0 Å². The van der Waals surface area contributed by atoms with Crippen LogP contribution >= 0.6 is 0 Å². The van der Waals surface area contributed by atoms with Gasteiger partial charge in [0.2, 0.25) is 0 Å². The fourth-order valence-corrected chi connectivity index (χ4v) is 1.56. The number of rotatable bonds is 3. The molecule has 3 heteroatoms. The van der Waals surface area contributed by atoms with Gasteiger partial charge < -0.3 is 4.74 Å². The van der Waals surface area contributed by atoms with Crippen LogP contribution in [-0.2, 0) is 9.53 Å². The zero-order chi connectivity index (χ0) is 9.68. The van der Waals surface area contributed by atoms with Gasteiger partial charge in [0, 0.05) is 12.1 Å². The molecule has 1 atom stereocenters. The number of likely N-dealkylation sites (N-methyl/N-ethyl adjacent to an activating group) is 1. The highest BCUT2D eigenvalue weighted by Gasteiger charge is 2.17. The van der Waals surface area contributed by atoms with Gasteiger partial charge in [-0.25, -0.2) is 4.79 Å². The first-order valence-electron chi connectivity index (χ1n) is 4.79. The van der Waals surface area contributed by atoms with Crippen LogP contribution in [0.15, 0.2) is 12.2 Å². The lowest BCUT2D eigenvalue weighted by molar-refractivity contribution is -0.137. The summed E-state index contributed by atoms with van der Waals surface area (Å²) < 4.78 is 4.79. The van der Waals surface area contributed by atoms with Gasteiger partial charge in [0.05, 0.1) is 6.61 Å². The molecule has 1 aliphatic rings. The topological polar surface area (TPSA) is 29.5 Å². The quantitative estimate of drug-likeness (QED) is 0.486. The molecule has 0 saturated carbocycles. The highest BCUT2D eigenvalue weighted by molar-refractivity contribution is 5.81. The Kier molecular flexibility index (Phi) is 3.96. The molecule has 3 nitrogen and oxygen atoms in total. The SMILES string of the molecule is CCOC(=O)/C=C/[C@@H]1CCCN1C. The van der Waals surface area contributed by atoms with Crippen LogP contribution in [-0.4, -0.2) is 37.1 Å². The molecule has 0 N–H and O–H groups in total. The Morgan fingerprint density at radius 3 is 3.00 bits per heavy atom. The number of hydrogen-bond acceptors (Lipinski definition) is 3. The third-order valence-corrected chi connectivity index (χ3v) is 2.32. The lowest BCUT2D eigenvalue weighted by Crippen LogP contribution is -2.22. The number of ether oxygens (including phenoxy) is 1. The molecule has 0 aromatic carbocycles. The minimum Gasteiger partial charge on any atom is -0.463 e. The van der Waals surface area contributed by atoms with Crippen LogP contribution in [0, 0.1) is 0 Å². The second-order valence-corrected chi connectivity index (χ2v) is 3.30.